The summed E-state index contributed by atoms with van der Waals surface area (Å²) in [5.74, 6) is 0.993. The first kappa shape index (κ1) is 14.5. The molecular formula is C8H16ClN3O2S. The quantitative estimate of drug-likeness (QED) is 0.702. The number of nitrogens with zero attached hydrogens (tertiary/aromatic N) is 1. The van der Waals surface area contributed by atoms with Gasteiger partial charge in [-0.3, -0.25) is 9.59 Å². The third-order valence-corrected chi connectivity index (χ3v) is 2.87. The molecule has 0 unspecified atom stereocenters. The van der Waals surface area contributed by atoms with Gasteiger partial charge in [0.05, 0.1) is 11.6 Å². The minimum Gasteiger partial charge on any atom is -0.351 e. The van der Waals surface area contributed by atoms with E-state index < -0.39 is 0 Å². The van der Waals surface area contributed by atoms with Crippen molar-refractivity contribution >= 4 is 36.0 Å². The maximum atomic E-state index is 11.3. The minimum absolute atomic E-state index is 0. The Bertz CT molecular complexity index is 240. The van der Waals surface area contributed by atoms with Crippen molar-refractivity contribution < 1.29 is 9.59 Å². The minimum atomic E-state index is -0.140. The molecule has 0 radical (unpaired) electrons. The zero-order valence-corrected chi connectivity index (χ0v) is 10.2. The van der Waals surface area contributed by atoms with Crippen molar-refractivity contribution in [2.75, 3.05) is 24.7 Å². The van der Waals surface area contributed by atoms with Crippen LogP contribution in [0.2, 0.25) is 0 Å². The molecule has 0 saturated carbocycles. The van der Waals surface area contributed by atoms with Crippen LogP contribution < -0.4 is 11.1 Å². The van der Waals surface area contributed by atoms with Crippen LogP contribution in [0.25, 0.3) is 0 Å². The van der Waals surface area contributed by atoms with Gasteiger partial charge in [0.2, 0.25) is 11.8 Å². The van der Waals surface area contributed by atoms with E-state index in [0.717, 1.165) is 0 Å². The third-order valence-electron chi connectivity index (χ3n) is 1.92. The Morgan fingerprint density at radius 3 is 2.87 bits per heavy atom. The van der Waals surface area contributed by atoms with Crippen LogP contribution in [0.1, 0.15) is 6.92 Å². The summed E-state index contributed by atoms with van der Waals surface area (Å²) in [6.07, 6.45) is 0. The molecule has 1 saturated heterocycles. The van der Waals surface area contributed by atoms with Gasteiger partial charge in [-0.2, -0.15) is 0 Å². The Kier molecular flexibility index (Phi) is 6.71. The van der Waals surface area contributed by atoms with Crippen molar-refractivity contribution in [3.8, 4) is 0 Å². The van der Waals surface area contributed by atoms with Crippen LogP contribution in [0, 0.1) is 0 Å². The summed E-state index contributed by atoms with van der Waals surface area (Å²) in [6, 6.07) is -0.0344. The summed E-state index contributed by atoms with van der Waals surface area (Å²) in [4.78, 5) is 24.1. The highest BCUT2D eigenvalue weighted by atomic mass is 35.5. The Hall–Kier alpha value is -0.460. The number of thioether (sulfide) groups is 1. The molecule has 1 fully saturated rings. The molecule has 0 bridgehead atoms. The molecule has 0 aliphatic carbocycles. The first-order valence-electron chi connectivity index (χ1n) is 4.48. The number of amides is 2. The van der Waals surface area contributed by atoms with Crippen LogP contribution >= 0.6 is 24.2 Å². The summed E-state index contributed by atoms with van der Waals surface area (Å²) in [7, 11) is 0. The van der Waals surface area contributed by atoms with Crippen molar-refractivity contribution in [2.24, 2.45) is 5.73 Å². The zero-order chi connectivity index (χ0) is 10.6. The number of halogens is 1. The molecule has 2 amide bonds. The van der Waals surface area contributed by atoms with E-state index in [-0.39, 0.29) is 36.8 Å². The molecular weight excluding hydrogens is 238 g/mol. The van der Waals surface area contributed by atoms with Crippen molar-refractivity contribution in [1.29, 1.82) is 0 Å². The van der Waals surface area contributed by atoms with Crippen molar-refractivity contribution in [1.82, 2.24) is 10.2 Å². The predicted molar refractivity (Wildman–Crippen MR) is 62.9 cm³/mol. The average Bonchev–Trinajstić information content (AvgIpc) is 2.51. The Morgan fingerprint density at radius 2 is 2.40 bits per heavy atom. The van der Waals surface area contributed by atoms with Gasteiger partial charge in [0, 0.05) is 12.6 Å². The molecule has 1 rings (SSSR count). The fraction of sp³-hybridized carbons (Fsp3) is 0.750. The lowest BCUT2D eigenvalue weighted by Gasteiger charge is -2.16. The molecule has 0 aromatic rings. The van der Waals surface area contributed by atoms with E-state index in [2.05, 4.69) is 5.32 Å². The molecule has 0 spiro atoms. The maximum Gasteiger partial charge on any atom is 0.239 e. The highest BCUT2D eigenvalue weighted by molar-refractivity contribution is 8.00. The van der Waals surface area contributed by atoms with Crippen molar-refractivity contribution in [3.63, 3.8) is 0 Å². The Labute approximate surface area is 99.5 Å². The molecule has 1 aliphatic heterocycles. The lowest BCUT2D eigenvalue weighted by molar-refractivity contribution is -0.132. The summed E-state index contributed by atoms with van der Waals surface area (Å²) >= 11 is 1.53. The van der Waals surface area contributed by atoms with Gasteiger partial charge in [-0.05, 0) is 6.92 Å². The number of hydrogen-bond acceptors (Lipinski definition) is 4. The van der Waals surface area contributed by atoms with Crippen LogP contribution in [-0.2, 0) is 9.59 Å². The van der Waals surface area contributed by atoms with Crippen LogP contribution in [0.15, 0.2) is 0 Å². The summed E-state index contributed by atoms with van der Waals surface area (Å²) in [6.45, 7) is 2.39. The van der Waals surface area contributed by atoms with E-state index in [0.29, 0.717) is 18.2 Å². The van der Waals surface area contributed by atoms with Crippen LogP contribution in [0.5, 0.6) is 0 Å². The van der Waals surface area contributed by atoms with Gasteiger partial charge in [0.15, 0.2) is 0 Å². The highest BCUT2D eigenvalue weighted by Gasteiger charge is 2.22. The van der Waals surface area contributed by atoms with Gasteiger partial charge in [0.1, 0.15) is 6.54 Å². The van der Waals surface area contributed by atoms with E-state index >= 15 is 0 Å². The molecule has 5 nitrogen and oxygen atoms in total. The number of carbonyl (C=O) groups excluding carboxylic acids is 2. The summed E-state index contributed by atoms with van der Waals surface area (Å²) in [5.41, 5.74) is 5.36. The van der Waals surface area contributed by atoms with Gasteiger partial charge in [-0.1, -0.05) is 0 Å². The van der Waals surface area contributed by atoms with Gasteiger partial charge >= 0.3 is 0 Å². The number of rotatable bonds is 4. The second-order valence-electron chi connectivity index (χ2n) is 3.27. The van der Waals surface area contributed by atoms with Gasteiger partial charge < -0.3 is 16.0 Å². The SMILES string of the molecule is C[C@H](CN)NC(=O)CN1CSCC1=O.Cl. The monoisotopic (exact) mass is 253 g/mol. The molecule has 15 heavy (non-hydrogen) atoms. The van der Waals surface area contributed by atoms with E-state index in [4.69, 9.17) is 5.73 Å². The maximum absolute atomic E-state index is 11.3. The number of carbonyl (C=O) groups is 2. The third kappa shape index (κ3) is 4.72. The number of nitrogens with two attached hydrogens (primary N) is 1. The fourth-order valence-electron chi connectivity index (χ4n) is 1.09. The Morgan fingerprint density at radius 1 is 1.73 bits per heavy atom. The fourth-order valence-corrected chi connectivity index (χ4v) is 2.00. The molecule has 7 heteroatoms. The van der Waals surface area contributed by atoms with Gasteiger partial charge in [-0.15, -0.1) is 24.2 Å². The lowest BCUT2D eigenvalue weighted by atomic mass is 10.3. The van der Waals surface area contributed by atoms with Crippen LogP contribution in [-0.4, -0.2) is 47.5 Å². The largest absolute Gasteiger partial charge is 0.351 e. The lowest BCUT2D eigenvalue weighted by Crippen LogP contribution is -2.44. The molecule has 3 N–H and O–H groups in total. The summed E-state index contributed by atoms with van der Waals surface area (Å²) < 4.78 is 0. The molecule has 88 valence electrons. The van der Waals surface area contributed by atoms with Crippen molar-refractivity contribution in [2.45, 2.75) is 13.0 Å². The molecule has 0 aromatic carbocycles. The smallest absolute Gasteiger partial charge is 0.239 e. The average molecular weight is 254 g/mol. The normalized spacial score (nSPS) is 17.2. The molecule has 1 atom stereocenters. The van der Waals surface area contributed by atoms with Crippen molar-refractivity contribution in [3.05, 3.63) is 0 Å². The second-order valence-corrected chi connectivity index (χ2v) is 4.23. The standard InChI is InChI=1S/C8H15N3O2S.ClH/c1-6(2-9)10-7(12)3-11-5-14-4-8(11)13;/h6H,2-5,9H2,1H3,(H,10,12);1H/t6-;/m1./s1. The van der Waals surface area contributed by atoms with Crippen LogP contribution in [0.4, 0.5) is 0 Å². The second kappa shape index (κ2) is 6.92. The highest BCUT2D eigenvalue weighted by Crippen LogP contribution is 2.13. The van der Waals surface area contributed by atoms with E-state index in [1.807, 2.05) is 6.92 Å². The van der Waals surface area contributed by atoms with Gasteiger partial charge in [-0.25, -0.2) is 0 Å². The molecule has 1 heterocycles. The first-order chi connectivity index (χ1) is 6.63. The van der Waals surface area contributed by atoms with E-state index in [1.54, 1.807) is 4.90 Å². The summed E-state index contributed by atoms with van der Waals surface area (Å²) in [5, 5.41) is 2.71. The predicted octanol–water partition coefficient (Wildman–Crippen LogP) is -0.595. The topological polar surface area (TPSA) is 75.4 Å². The molecule has 1 aliphatic rings. The van der Waals surface area contributed by atoms with Gasteiger partial charge in [0.25, 0.3) is 0 Å². The zero-order valence-electron chi connectivity index (χ0n) is 8.56. The van der Waals surface area contributed by atoms with Crippen LogP contribution in [0.3, 0.4) is 0 Å². The molecule has 0 aromatic heterocycles. The number of nitrogens with one attached hydrogen (secondary N) is 1. The first-order valence-corrected chi connectivity index (χ1v) is 5.64. The number of hydrogen-bond donors (Lipinski definition) is 2. The Balaban J connectivity index is 0.00000196. The van der Waals surface area contributed by atoms with E-state index in [9.17, 15) is 9.59 Å². The van der Waals surface area contributed by atoms with E-state index in [1.165, 1.54) is 11.8 Å².